The van der Waals surface area contributed by atoms with Crippen molar-refractivity contribution in [2.45, 2.75) is 25.4 Å². The fourth-order valence-corrected chi connectivity index (χ4v) is 3.09. The molecule has 3 rings (SSSR count). The number of halogens is 3. The number of carbonyl (C=O) groups excluding carboxylic acids is 1. The van der Waals surface area contributed by atoms with Gasteiger partial charge in [0.1, 0.15) is 11.3 Å². The van der Waals surface area contributed by atoms with Crippen molar-refractivity contribution < 1.29 is 32.3 Å². The molecule has 23 heavy (non-hydrogen) atoms. The number of fused-ring (bicyclic) bond motifs is 1. The van der Waals surface area contributed by atoms with Gasteiger partial charge in [-0.1, -0.05) is 0 Å². The Balaban J connectivity index is 2.25. The fraction of sp³-hybridized carbons (Fsp3) is 0.467. The number of rotatable bonds is 2. The molecular formula is C15H14F3NO4. The minimum absolute atomic E-state index is 0.115. The zero-order chi connectivity index (χ0) is 17.2. The van der Waals surface area contributed by atoms with E-state index in [1.54, 1.807) is 19.0 Å². The van der Waals surface area contributed by atoms with Crippen molar-refractivity contribution >= 4 is 11.8 Å². The van der Waals surface area contributed by atoms with Crippen molar-refractivity contribution in [3.05, 3.63) is 34.4 Å². The maximum atomic E-state index is 13.3. The van der Waals surface area contributed by atoms with Gasteiger partial charge in [-0.3, -0.25) is 4.79 Å². The lowest BCUT2D eigenvalue weighted by atomic mass is 9.79. The van der Waals surface area contributed by atoms with Crippen LogP contribution < -0.4 is 0 Å². The average molecular weight is 329 g/mol. The molecule has 1 aromatic rings. The molecule has 0 unspecified atom stereocenters. The van der Waals surface area contributed by atoms with E-state index in [2.05, 4.69) is 0 Å². The zero-order valence-corrected chi connectivity index (χ0v) is 12.5. The second-order valence-electron chi connectivity index (χ2n) is 6.20. The van der Waals surface area contributed by atoms with E-state index >= 15 is 0 Å². The Morgan fingerprint density at radius 2 is 1.96 bits per heavy atom. The molecule has 2 aliphatic rings. The van der Waals surface area contributed by atoms with Gasteiger partial charge in [0.15, 0.2) is 5.78 Å². The smallest absolute Gasteiger partial charge is 0.421 e. The largest absolute Gasteiger partial charge is 0.475 e. The summed E-state index contributed by atoms with van der Waals surface area (Å²) < 4.78 is 44.8. The van der Waals surface area contributed by atoms with Crippen LogP contribution in [0.1, 0.15) is 45.1 Å². The molecule has 8 heteroatoms. The van der Waals surface area contributed by atoms with E-state index < -0.39 is 40.2 Å². The van der Waals surface area contributed by atoms with E-state index in [4.69, 9.17) is 9.52 Å². The standard InChI is InChI=1S/C15H14F3NO4/c1-19(2)6-7-11(20)9-8(5-14(7)3-4-14)23-12(13(21)22)10(9)15(16,17)18/h6H,3-5H2,1-2H3,(H,21,22)/b7-6+. The Labute approximate surface area is 129 Å². The minimum atomic E-state index is -4.97. The molecule has 0 saturated heterocycles. The number of ketones is 1. The van der Waals surface area contributed by atoms with Crippen LogP contribution in [0.15, 0.2) is 16.2 Å². The van der Waals surface area contributed by atoms with Crippen LogP contribution in [0.2, 0.25) is 0 Å². The summed E-state index contributed by atoms with van der Waals surface area (Å²) in [6, 6.07) is 0. The molecule has 2 aliphatic carbocycles. The molecule has 124 valence electrons. The summed E-state index contributed by atoms with van der Waals surface area (Å²) in [6.45, 7) is 0. The van der Waals surface area contributed by atoms with Gasteiger partial charge >= 0.3 is 12.1 Å². The zero-order valence-electron chi connectivity index (χ0n) is 12.5. The Morgan fingerprint density at radius 3 is 2.39 bits per heavy atom. The minimum Gasteiger partial charge on any atom is -0.475 e. The molecule has 0 radical (unpaired) electrons. The van der Waals surface area contributed by atoms with Crippen LogP contribution in [0, 0.1) is 5.41 Å². The Kier molecular flexibility index (Phi) is 3.14. The third kappa shape index (κ3) is 2.32. The predicted molar refractivity (Wildman–Crippen MR) is 72.1 cm³/mol. The van der Waals surface area contributed by atoms with Gasteiger partial charge < -0.3 is 14.4 Å². The molecule has 1 heterocycles. The van der Waals surface area contributed by atoms with Gasteiger partial charge in [-0.05, 0) is 12.8 Å². The van der Waals surface area contributed by atoms with E-state index in [1.165, 1.54) is 6.20 Å². The molecule has 0 bridgehead atoms. The first-order chi connectivity index (χ1) is 10.6. The summed E-state index contributed by atoms with van der Waals surface area (Å²) in [5, 5.41) is 8.99. The Bertz CT molecular complexity index is 739. The molecule has 1 saturated carbocycles. The molecule has 1 aromatic heterocycles. The summed E-state index contributed by atoms with van der Waals surface area (Å²) in [7, 11) is 3.35. The van der Waals surface area contributed by atoms with Crippen LogP contribution >= 0.6 is 0 Å². The lowest BCUT2D eigenvalue weighted by Gasteiger charge is -2.25. The molecule has 1 fully saturated rings. The first-order valence-electron chi connectivity index (χ1n) is 6.96. The van der Waals surface area contributed by atoms with E-state index in [0.29, 0.717) is 18.4 Å². The normalized spacial score (nSPS) is 20.7. The van der Waals surface area contributed by atoms with Crippen LogP contribution in [-0.2, 0) is 12.6 Å². The summed E-state index contributed by atoms with van der Waals surface area (Å²) in [6.07, 6.45) is -2.00. The predicted octanol–water partition coefficient (Wildman–Crippen LogP) is 2.96. The van der Waals surface area contributed by atoms with Gasteiger partial charge in [-0.15, -0.1) is 0 Å². The monoisotopic (exact) mass is 329 g/mol. The number of Topliss-reactive ketones (excluding diaryl/α,β-unsaturated/α-hetero) is 1. The maximum Gasteiger partial charge on any atom is 0.421 e. The highest BCUT2D eigenvalue weighted by Crippen LogP contribution is 2.59. The van der Waals surface area contributed by atoms with Crippen molar-refractivity contribution in [2.75, 3.05) is 14.1 Å². The number of allylic oxidation sites excluding steroid dienone is 1. The molecule has 1 N–H and O–H groups in total. The second-order valence-corrected chi connectivity index (χ2v) is 6.20. The third-order valence-electron chi connectivity index (χ3n) is 4.24. The van der Waals surface area contributed by atoms with E-state index in [1.807, 2.05) is 0 Å². The third-order valence-corrected chi connectivity index (χ3v) is 4.24. The van der Waals surface area contributed by atoms with Crippen molar-refractivity contribution in [3.8, 4) is 0 Å². The Morgan fingerprint density at radius 1 is 1.35 bits per heavy atom. The van der Waals surface area contributed by atoms with Crippen molar-refractivity contribution in [2.24, 2.45) is 5.41 Å². The van der Waals surface area contributed by atoms with Gasteiger partial charge in [0.25, 0.3) is 0 Å². The highest BCUT2D eigenvalue weighted by Gasteiger charge is 2.56. The molecular weight excluding hydrogens is 315 g/mol. The van der Waals surface area contributed by atoms with Crippen molar-refractivity contribution in [1.82, 2.24) is 4.90 Å². The summed E-state index contributed by atoms with van der Waals surface area (Å²) in [5.41, 5.74) is -2.37. The van der Waals surface area contributed by atoms with Gasteiger partial charge in [0.05, 0.1) is 5.56 Å². The van der Waals surface area contributed by atoms with Gasteiger partial charge in [0, 0.05) is 37.7 Å². The summed E-state index contributed by atoms with van der Waals surface area (Å²) in [5.74, 6) is -4.01. The highest BCUT2D eigenvalue weighted by atomic mass is 19.4. The Hall–Kier alpha value is -2.25. The number of alkyl halides is 3. The van der Waals surface area contributed by atoms with Gasteiger partial charge in [-0.25, -0.2) is 4.79 Å². The molecule has 0 aliphatic heterocycles. The lowest BCUT2D eigenvalue weighted by molar-refractivity contribution is -0.138. The number of carboxylic acid groups (broad SMARTS) is 1. The summed E-state index contributed by atoms with van der Waals surface area (Å²) >= 11 is 0. The molecule has 0 amide bonds. The van der Waals surface area contributed by atoms with E-state index in [9.17, 15) is 22.8 Å². The average Bonchev–Trinajstić information content (AvgIpc) is 3.03. The quantitative estimate of drug-likeness (QED) is 0.845. The molecule has 0 aromatic carbocycles. The van der Waals surface area contributed by atoms with E-state index in [-0.39, 0.29) is 12.2 Å². The van der Waals surface area contributed by atoms with Gasteiger partial charge in [0.2, 0.25) is 5.76 Å². The SMILES string of the molecule is CN(C)/C=C1\C(=O)c2c(oc(C(=O)O)c2C(F)(F)F)CC12CC2. The van der Waals surface area contributed by atoms with Crippen molar-refractivity contribution in [1.29, 1.82) is 0 Å². The number of nitrogens with zero attached hydrogens (tertiary/aromatic N) is 1. The second kappa shape index (κ2) is 4.62. The highest BCUT2D eigenvalue weighted by molar-refractivity contribution is 6.14. The van der Waals surface area contributed by atoms with Crippen LogP contribution in [0.4, 0.5) is 13.2 Å². The fourth-order valence-electron chi connectivity index (χ4n) is 3.09. The number of aromatic carboxylic acids is 1. The molecule has 0 atom stereocenters. The van der Waals surface area contributed by atoms with Crippen LogP contribution in [-0.4, -0.2) is 35.9 Å². The molecule has 5 nitrogen and oxygen atoms in total. The summed E-state index contributed by atoms with van der Waals surface area (Å²) in [4.78, 5) is 25.4. The van der Waals surface area contributed by atoms with Gasteiger partial charge in [-0.2, -0.15) is 13.2 Å². The lowest BCUT2D eigenvalue weighted by Crippen LogP contribution is -2.27. The van der Waals surface area contributed by atoms with Crippen molar-refractivity contribution in [3.63, 3.8) is 0 Å². The maximum absolute atomic E-state index is 13.3. The van der Waals surface area contributed by atoms with E-state index in [0.717, 1.165) is 0 Å². The van der Waals surface area contributed by atoms with Crippen LogP contribution in [0.3, 0.4) is 0 Å². The molecule has 1 spiro atoms. The number of hydrogen-bond donors (Lipinski definition) is 1. The number of carboxylic acids is 1. The first kappa shape index (κ1) is 15.6. The number of furan rings is 1. The number of carbonyl (C=O) groups is 2. The van der Waals surface area contributed by atoms with Crippen LogP contribution in [0.5, 0.6) is 0 Å². The number of hydrogen-bond acceptors (Lipinski definition) is 4. The van der Waals surface area contributed by atoms with Crippen LogP contribution in [0.25, 0.3) is 0 Å². The first-order valence-corrected chi connectivity index (χ1v) is 6.96. The topological polar surface area (TPSA) is 70.8 Å².